The molecule has 0 atom stereocenters. The highest BCUT2D eigenvalue weighted by atomic mass is 19.1. The number of hydrogen-bond acceptors (Lipinski definition) is 3. The minimum absolute atomic E-state index is 0.126. The van der Waals surface area contributed by atoms with Gasteiger partial charge < -0.3 is 4.90 Å². The normalized spacial score (nSPS) is 15.6. The van der Waals surface area contributed by atoms with Crippen molar-refractivity contribution in [3.63, 3.8) is 0 Å². The maximum absolute atomic E-state index is 13.3. The maximum Gasteiger partial charge on any atom is 0.254 e. The molecular formula is C12H11FN2O3. The van der Waals surface area contributed by atoms with Crippen molar-refractivity contribution < 1.29 is 18.8 Å². The first-order valence-electron chi connectivity index (χ1n) is 5.35. The highest BCUT2D eigenvalue weighted by Gasteiger charge is 2.27. The highest BCUT2D eigenvalue weighted by Crippen LogP contribution is 2.12. The number of carbonyl (C=O) groups excluding carboxylic acids is 3. The maximum atomic E-state index is 13.3. The Morgan fingerprint density at radius 2 is 1.89 bits per heavy atom. The summed E-state index contributed by atoms with van der Waals surface area (Å²) in [6.07, 6.45) is 0. The molecule has 3 amide bonds. The number of benzene rings is 1. The smallest absolute Gasteiger partial charge is 0.254 e. The van der Waals surface area contributed by atoms with E-state index in [4.69, 9.17) is 0 Å². The molecule has 1 N–H and O–H groups in total. The van der Waals surface area contributed by atoms with Crippen LogP contribution in [-0.2, 0) is 9.59 Å². The Morgan fingerprint density at radius 1 is 1.28 bits per heavy atom. The first kappa shape index (κ1) is 12.2. The summed E-state index contributed by atoms with van der Waals surface area (Å²) in [7, 11) is 0. The van der Waals surface area contributed by atoms with Gasteiger partial charge in [0, 0.05) is 5.56 Å². The van der Waals surface area contributed by atoms with Gasteiger partial charge >= 0.3 is 0 Å². The molecule has 0 radical (unpaired) electrons. The molecule has 0 aromatic heterocycles. The van der Waals surface area contributed by atoms with Gasteiger partial charge in [0.05, 0.1) is 0 Å². The number of carbonyl (C=O) groups is 3. The first-order chi connectivity index (χ1) is 8.47. The summed E-state index contributed by atoms with van der Waals surface area (Å²) in [5, 5.41) is 2.09. The number of nitrogens with one attached hydrogen (secondary N) is 1. The number of amides is 3. The second-order valence-electron chi connectivity index (χ2n) is 4.10. The van der Waals surface area contributed by atoms with Crippen LogP contribution in [0.15, 0.2) is 18.2 Å². The van der Waals surface area contributed by atoms with Gasteiger partial charge in [-0.3, -0.25) is 19.7 Å². The third kappa shape index (κ3) is 2.37. The molecule has 18 heavy (non-hydrogen) atoms. The van der Waals surface area contributed by atoms with E-state index in [0.717, 1.165) is 11.0 Å². The first-order valence-corrected chi connectivity index (χ1v) is 5.35. The Hall–Kier alpha value is -2.24. The molecule has 0 saturated carbocycles. The van der Waals surface area contributed by atoms with Gasteiger partial charge in [-0.05, 0) is 24.6 Å². The van der Waals surface area contributed by atoms with Gasteiger partial charge in [-0.2, -0.15) is 0 Å². The van der Waals surface area contributed by atoms with Crippen molar-refractivity contribution in [2.24, 2.45) is 0 Å². The number of hydrogen-bond donors (Lipinski definition) is 1. The van der Waals surface area contributed by atoms with Gasteiger partial charge in [0.1, 0.15) is 18.9 Å². The minimum atomic E-state index is -0.535. The van der Waals surface area contributed by atoms with Gasteiger partial charge in [-0.15, -0.1) is 0 Å². The lowest BCUT2D eigenvalue weighted by atomic mass is 10.1. The van der Waals surface area contributed by atoms with Crippen LogP contribution in [0.3, 0.4) is 0 Å². The minimum Gasteiger partial charge on any atom is -0.320 e. The Kier molecular flexibility index (Phi) is 3.10. The van der Waals surface area contributed by atoms with E-state index in [9.17, 15) is 18.8 Å². The van der Waals surface area contributed by atoms with Crippen LogP contribution in [0.1, 0.15) is 15.9 Å². The molecule has 1 aliphatic rings. The largest absolute Gasteiger partial charge is 0.320 e. The number of aryl methyl sites for hydroxylation is 1. The van der Waals surface area contributed by atoms with Crippen LogP contribution in [0.25, 0.3) is 0 Å². The molecular weight excluding hydrogens is 239 g/mol. The zero-order valence-electron chi connectivity index (χ0n) is 9.70. The summed E-state index contributed by atoms with van der Waals surface area (Å²) < 4.78 is 13.3. The Bertz CT molecular complexity index is 526. The molecule has 1 aliphatic heterocycles. The number of nitrogens with zero attached hydrogens (tertiary/aromatic N) is 1. The molecule has 0 bridgehead atoms. The summed E-state index contributed by atoms with van der Waals surface area (Å²) in [5.41, 5.74) is 0.555. The van der Waals surface area contributed by atoms with E-state index in [-0.39, 0.29) is 18.7 Å². The number of piperazine rings is 1. The van der Waals surface area contributed by atoms with Gasteiger partial charge in [0.15, 0.2) is 0 Å². The van der Waals surface area contributed by atoms with Crippen LogP contribution in [0.4, 0.5) is 4.39 Å². The second kappa shape index (κ2) is 4.56. The summed E-state index contributed by atoms with van der Waals surface area (Å²) in [6, 6.07) is 4.06. The van der Waals surface area contributed by atoms with E-state index in [1.165, 1.54) is 12.1 Å². The molecule has 0 unspecified atom stereocenters. The predicted molar refractivity (Wildman–Crippen MR) is 60.2 cm³/mol. The highest BCUT2D eigenvalue weighted by molar-refractivity contribution is 6.05. The van der Waals surface area contributed by atoms with Crippen LogP contribution >= 0.6 is 0 Å². The Morgan fingerprint density at radius 3 is 2.44 bits per heavy atom. The zero-order valence-corrected chi connectivity index (χ0v) is 9.70. The number of imide groups is 1. The van der Waals surface area contributed by atoms with Crippen LogP contribution in [-0.4, -0.2) is 35.7 Å². The molecule has 1 saturated heterocycles. The van der Waals surface area contributed by atoms with Crippen LogP contribution < -0.4 is 5.32 Å². The third-order valence-corrected chi connectivity index (χ3v) is 2.65. The second-order valence-corrected chi connectivity index (χ2v) is 4.10. The molecule has 0 spiro atoms. The van der Waals surface area contributed by atoms with E-state index >= 15 is 0 Å². The molecule has 1 heterocycles. The zero-order chi connectivity index (χ0) is 13.3. The van der Waals surface area contributed by atoms with Gasteiger partial charge in [0.2, 0.25) is 11.8 Å². The van der Waals surface area contributed by atoms with Crippen LogP contribution in [0.5, 0.6) is 0 Å². The van der Waals surface area contributed by atoms with Crippen molar-refractivity contribution in [3.8, 4) is 0 Å². The molecule has 5 nitrogen and oxygen atoms in total. The quantitative estimate of drug-likeness (QED) is 0.726. The summed E-state index contributed by atoms with van der Waals surface area (Å²) in [4.78, 5) is 35.4. The lowest BCUT2D eigenvalue weighted by Gasteiger charge is -2.25. The number of rotatable bonds is 1. The van der Waals surface area contributed by atoms with E-state index in [0.29, 0.717) is 5.56 Å². The molecule has 0 aliphatic carbocycles. The average molecular weight is 250 g/mol. The topological polar surface area (TPSA) is 66.5 Å². The molecule has 1 aromatic rings. The molecule has 1 fully saturated rings. The van der Waals surface area contributed by atoms with Crippen LogP contribution in [0, 0.1) is 12.7 Å². The standard InChI is InChI=1S/C12H11FN2O3/c1-7-2-3-8(4-9(7)13)12(18)15-5-10(16)14-11(17)6-15/h2-4H,5-6H2,1H3,(H,14,16,17). The van der Waals surface area contributed by atoms with E-state index in [1.807, 2.05) is 0 Å². The number of halogens is 1. The SMILES string of the molecule is Cc1ccc(C(=O)N2CC(=O)NC(=O)C2)cc1F. The van der Waals surface area contributed by atoms with Crippen molar-refractivity contribution in [1.29, 1.82) is 0 Å². The Balaban J connectivity index is 2.22. The van der Waals surface area contributed by atoms with Crippen molar-refractivity contribution in [2.75, 3.05) is 13.1 Å². The summed E-state index contributed by atoms with van der Waals surface area (Å²) in [6.45, 7) is 1.20. The third-order valence-electron chi connectivity index (χ3n) is 2.65. The molecule has 2 rings (SSSR count). The van der Waals surface area contributed by atoms with Crippen molar-refractivity contribution in [1.82, 2.24) is 10.2 Å². The van der Waals surface area contributed by atoms with Gasteiger partial charge in [-0.25, -0.2) is 4.39 Å². The lowest BCUT2D eigenvalue weighted by Crippen LogP contribution is -2.53. The van der Waals surface area contributed by atoms with E-state index in [1.54, 1.807) is 6.92 Å². The van der Waals surface area contributed by atoms with Crippen molar-refractivity contribution >= 4 is 17.7 Å². The van der Waals surface area contributed by atoms with Gasteiger partial charge in [-0.1, -0.05) is 6.07 Å². The van der Waals surface area contributed by atoms with E-state index < -0.39 is 23.5 Å². The monoisotopic (exact) mass is 250 g/mol. The van der Waals surface area contributed by atoms with Crippen LogP contribution in [0.2, 0.25) is 0 Å². The molecule has 1 aromatic carbocycles. The lowest BCUT2D eigenvalue weighted by molar-refractivity contribution is -0.135. The fourth-order valence-corrected chi connectivity index (χ4v) is 1.69. The Labute approximate surface area is 103 Å². The fraction of sp³-hybridized carbons (Fsp3) is 0.250. The van der Waals surface area contributed by atoms with Crippen molar-refractivity contribution in [3.05, 3.63) is 35.1 Å². The summed E-state index contributed by atoms with van der Waals surface area (Å²) >= 11 is 0. The van der Waals surface area contributed by atoms with Crippen molar-refractivity contribution in [2.45, 2.75) is 6.92 Å². The van der Waals surface area contributed by atoms with Gasteiger partial charge in [0.25, 0.3) is 5.91 Å². The molecule has 94 valence electrons. The average Bonchev–Trinajstić information content (AvgIpc) is 2.30. The molecule has 6 heteroatoms. The summed E-state index contributed by atoms with van der Waals surface area (Å²) in [5.74, 6) is -2.09. The fourth-order valence-electron chi connectivity index (χ4n) is 1.69. The van der Waals surface area contributed by atoms with E-state index in [2.05, 4.69) is 5.32 Å². The predicted octanol–water partition coefficient (Wildman–Crippen LogP) is 0.233.